The van der Waals surface area contributed by atoms with Gasteiger partial charge >= 0.3 is 0 Å². The Kier molecular flexibility index (Phi) is 6.45. The van der Waals surface area contributed by atoms with Crippen LogP contribution in [-0.2, 0) is 10.0 Å². The van der Waals surface area contributed by atoms with E-state index in [0.29, 0.717) is 28.4 Å². The molecule has 0 aliphatic carbocycles. The van der Waals surface area contributed by atoms with Crippen molar-refractivity contribution >= 4 is 38.9 Å². The van der Waals surface area contributed by atoms with E-state index >= 15 is 0 Å². The molecule has 0 radical (unpaired) electrons. The van der Waals surface area contributed by atoms with E-state index in [9.17, 15) is 13.2 Å². The third-order valence-corrected chi connectivity index (χ3v) is 5.40. The van der Waals surface area contributed by atoms with E-state index in [0.717, 1.165) is 12.0 Å². The highest BCUT2D eigenvalue weighted by Gasteiger charge is 2.11. The minimum absolute atomic E-state index is 0.0833. The second-order valence-corrected chi connectivity index (χ2v) is 8.02. The van der Waals surface area contributed by atoms with Gasteiger partial charge in [-0.05, 0) is 55.3 Å². The van der Waals surface area contributed by atoms with Crippen molar-refractivity contribution in [3.05, 3.63) is 58.6 Å². The summed E-state index contributed by atoms with van der Waals surface area (Å²) < 4.78 is 26.3. The SMILES string of the molecule is CCCCS(=O)(=O)Nc1ccc(C(=O)Nc2ccc(C)c(Cl)c2)cc1. The van der Waals surface area contributed by atoms with Crippen LogP contribution in [0.3, 0.4) is 0 Å². The standard InChI is InChI=1S/C18H21ClN2O3S/c1-3-4-11-25(23,24)21-15-9-6-14(7-10-15)18(22)20-16-8-5-13(2)17(19)12-16/h5-10,12,21H,3-4,11H2,1-2H3,(H,20,22). The molecule has 2 aromatic carbocycles. The first-order chi connectivity index (χ1) is 11.8. The van der Waals surface area contributed by atoms with E-state index in [-0.39, 0.29) is 11.7 Å². The van der Waals surface area contributed by atoms with Crippen molar-refractivity contribution in [1.29, 1.82) is 0 Å². The average Bonchev–Trinajstić information content (AvgIpc) is 2.56. The van der Waals surface area contributed by atoms with Gasteiger partial charge in [-0.1, -0.05) is 31.0 Å². The topological polar surface area (TPSA) is 75.3 Å². The molecule has 0 aliphatic heterocycles. The maximum absolute atomic E-state index is 12.3. The molecule has 2 N–H and O–H groups in total. The quantitative estimate of drug-likeness (QED) is 0.745. The molecule has 0 aliphatic rings. The van der Waals surface area contributed by atoms with Crippen LogP contribution in [0.1, 0.15) is 35.7 Å². The van der Waals surface area contributed by atoms with Gasteiger partial charge in [0.2, 0.25) is 10.0 Å². The van der Waals surface area contributed by atoms with Gasteiger partial charge in [0.25, 0.3) is 5.91 Å². The zero-order valence-corrected chi connectivity index (χ0v) is 15.7. The minimum Gasteiger partial charge on any atom is -0.322 e. The van der Waals surface area contributed by atoms with E-state index in [1.54, 1.807) is 36.4 Å². The number of nitrogens with one attached hydrogen (secondary N) is 2. The Morgan fingerprint density at radius 2 is 1.72 bits per heavy atom. The first-order valence-corrected chi connectivity index (χ1v) is 10.0. The molecule has 7 heteroatoms. The number of hydrogen-bond acceptors (Lipinski definition) is 3. The largest absolute Gasteiger partial charge is 0.322 e. The molecule has 0 aromatic heterocycles. The number of anilines is 2. The lowest BCUT2D eigenvalue weighted by atomic mass is 10.2. The van der Waals surface area contributed by atoms with Crippen molar-refractivity contribution in [2.75, 3.05) is 15.8 Å². The van der Waals surface area contributed by atoms with Gasteiger partial charge in [-0.25, -0.2) is 8.42 Å². The lowest BCUT2D eigenvalue weighted by Crippen LogP contribution is -2.17. The molecule has 0 saturated carbocycles. The molecule has 0 unspecified atom stereocenters. The lowest BCUT2D eigenvalue weighted by molar-refractivity contribution is 0.102. The van der Waals surface area contributed by atoms with Crippen LogP contribution in [0.5, 0.6) is 0 Å². The Morgan fingerprint density at radius 1 is 1.08 bits per heavy atom. The summed E-state index contributed by atoms with van der Waals surface area (Å²) in [5.41, 5.74) is 2.39. The molecule has 0 atom stereocenters. The summed E-state index contributed by atoms with van der Waals surface area (Å²) in [6.07, 6.45) is 1.41. The van der Waals surface area contributed by atoms with Crippen LogP contribution in [0.25, 0.3) is 0 Å². The van der Waals surface area contributed by atoms with Gasteiger partial charge in [0, 0.05) is 22.0 Å². The van der Waals surface area contributed by atoms with Crippen LogP contribution in [0.15, 0.2) is 42.5 Å². The zero-order chi connectivity index (χ0) is 18.4. The maximum Gasteiger partial charge on any atom is 0.255 e. The van der Waals surface area contributed by atoms with Crippen LogP contribution in [0.2, 0.25) is 5.02 Å². The average molecular weight is 381 g/mol. The van der Waals surface area contributed by atoms with Gasteiger partial charge in [0.15, 0.2) is 0 Å². The predicted octanol–water partition coefficient (Wildman–Crippen LogP) is 4.44. The highest BCUT2D eigenvalue weighted by molar-refractivity contribution is 7.92. The van der Waals surface area contributed by atoms with E-state index in [2.05, 4.69) is 10.0 Å². The summed E-state index contributed by atoms with van der Waals surface area (Å²) in [5.74, 6) is -0.208. The zero-order valence-electron chi connectivity index (χ0n) is 14.2. The lowest BCUT2D eigenvalue weighted by Gasteiger charge is -2.09. The molecular weight excluding hydrogens is 360 g/mol. The molecule has 0 saturated heterocycles. The van der Waals surface area contributed by atoms with Crippen LogP contribution >= 0.6 is 11.6 Å². The number of aryl methyl sites for hydroxylation is 1. The third-order valence-electron chi connectivity index (χ3n) is 3.62. The number of unbranched alkanes of at least 4 members (excludes halogenated alkanes) is 1. The Bertz CT molecular complexity index is 849. The number of carbonyl (C=O) groups is 1. The van der Waals surface area contributed by atoms with Crippen LogP contribution in [0.4, 0.5) is 11.4 Å². The minimum atomic E-state index is -3.35. The van der Waals surface area contributed by atoms with Gasteiger partial charge in [0.1, 0.15) is 0 Å². The number of amides is 1. The highest BCUT2D eigenvalue weighted by atomic mass is 35.5. The monoisotopic (exact) mass is 380 g/mol. The number of sulfonamides is 1. The van der Waals surface area contributed by atoms with E-state index in [4.69, 9.17) is 11.6 Å². The Morgan fingerprint density at radius 3 is 2.32 bits per heavy atom. The maximum atomic E-state index is 12.3. The van der Waals surface area contributed by atoms with Crippen molar-refractivity contribution < 1.29 is 13.2 Å². The van der Waals surface area contributed by atoms with Crippen LogP contribution in [0, 0.1) is 6.92 Å². The van der Waals surface area contributed by atoms with Gasteiger partial charge in [-0.3, -0.25) is 9.52 Å². The molecule has 0 bridgehead atoms. The van der Waals surface area contributed by atoms with Gasteiger partial charge in [-0.15, -0.1) is 0 Å². The second kappa shape index (κ2) is 8.36. The molecule has 2 rings (SSSR count). The van der Waals surface area contributed by atoms with Crippen molar-refractivity contribution in [1.82, 2.24) is 0 Å². The normalized spacial score (nSPS) is 11.2. The first-order valence-electron chi connectivity index (χ1n) is 7.99. The highest BCUT2D eigenvalue weighted by Crippen LogP contribution is 2.21. The summed E-state index contributed by atoms with van der Waals surface area (Å²) in [6, 6.07) is 11.6. The molecule has 2 aromatic rings. The number of rotatable bonds is 7. The number of hydrogen-bond donors (Lipinski definition) is 2. The van der Waals surface area contributed by atoms with Crippen LogP contribution < -0.4 is 10.0 Å². The molecule has 0 spiro atoms. The first kappa shape index (κ1) is 19.3. The molecule has 134 valence electrons. The molecular formula is C18H21ClN2O3S. The number of carbonyl (C=O) groups excluding carboxylic acids is 1. The van der Waals surface area contributed by atoms with Gasteiger partial charge in [0.05, 0.1) is 5.75 Å². The van der Waals surface area contributed by atoms with Crippen molar-refractivity contribution in [3.63, 3.8) is 0 Å². The molecule has 0 heterocycles. The summed E-state index contributed by atoms with van der Waals surface area (Å²) in [7, 11) is -3.35. The van der Waals surface area contributed by atoms with Crippen LogP contribution in [-0.4, -0.2) is 20.1 Å². The third kappa shape index (κ3) is 5.76. The van der Waals surface area contributed by atoms with E-state index in [1.807, 2.05) is 19.9 Å². The molecule has 0 fully saturated rings. The van der Waals surface area contributed by atoms with Crippen molar-refractivity contribution in [3.8, 4) is 0 Å². The smallest absolute Gasteiger partial charge is 0.255 e. The molecule has 5 nitrogen and oxygen atoms in total. The summed E-state index contributed by atoms with van der Waals surface area (Å²) >= 11 is 6.05. The summed E-state index contributed by atoms with van der Waals surface area (Å²) in [4.78, 5) is 12.3. The van der Waals surface area contributed by atoms with E-state index < -0.39 is 10.0 Å². The van der Waals surface area contributed by atoms with Crippen molar-refractivity contribution in [2.24, 2.45) is 0 Å². The Labute approximate surface area is 153 Å². The molecule has 25 heavy (non-hydrogen) atoms. The fourth-order valence-electron chi connectivity index (χ4n) is 2.13. The van der Waals surface area contributed by atoms with E-state index in [1.165, 1.54) is 0 Å². The van der Waals surface area contributed by atoms with Crippen molar-refractivity contribution in [2.45, 2.75) is 26.7 Å². The van der Waals surface area contributed by atoms with Gasteiger partial charge < -0.3 is 5.32 Å². The fourth-order valence-corrected chi connectivity index (χ4v) is 3.57. The second-order valence-electron chi connectivity index (χ2n) is 5.77. The van der Waals surface area contributed by atoms with Gasteiger partial charge in [-0.2, -0.15) is 0 Å². The fraction of sp³-hybridized carbons (Fsp3) is 0.278. The molecule has 1 amide bonds. The summed E-state index contributed by atoms with van der Waals surface area (Å²) in [6.45, 7) is 3.82. The Balaban J connectivity index is 2.03. The number of halogens is 1. The Hall–Kier alpha value is -2.05. The number of benzene rings is 2. The summed E-state index contributed by atoms with van der Waals surface area (Å²) in [5, 5.41) is 3.34. The predicted molar refractivity (Wildman–Crippen MR) is 103 cm³/mol.